The second-order valence-electron chi connectivity index (χ2n) is 6.44. The Kier molecular flexibility index (Phi) is 6.51. The summed E-state index contributed by atoms with van der Waals surface area (Å²) in [7, 11) is 0. The molecule has 2 amide bonds. The Morgan fingerprint density at radius 2 is 1.93 bits per heavy atom. The van der Waals surface area contributed by atoms with E-state index in [1.165, 1.54) is 0 Å². The smallest absolute Gasteiger partial charge is 0.313 e. The summed E-state index contributed by atoms with van der Waals surface area (Å²) in [5, 5.41) is 10.7. The van der Waals surface area contributed by atoms with Crippen molar-refractivity contribution in [1.82, 2.24) is 20.1 Å². The van der Waals surface area contributed by atoms with Gasteiger partial charge in [0.25, 0.3) is 0 Å². The molecule has 0 atom stereocenters. The normalized spacial score (nSPS) is 10.6. The first kappa shape index (κ1) is 20.8. The number of nitrogens with one attached hydrogen (secondary N) is 2. The summed E-state index contributed by atoms with van der Waals surface area (Å²) >= 11 is 12.2. The topological polar surface area (TPSA) is 88.9 Å². The number of hydrogen-bond acceptors (Lipinski definition) is 4. The third kappa shape index (κ3) is 5.13. The average Bonchev–Trinajstić information content (AvgIpc) is 2.96. The SMILES string of the molecule is Cc1nn(Cc2ccc(Cl)cc2Cl)c(C)c1NC(=O)C(=O)NCc1cccnc1. The number of aromatic nitrogens is 3. The van der Waals surface area contributed by atoms with Crippen molar-refractivity contribution in [2.24, 2.45) is 0 Å². The number of rotatable bonds is 5. The Hall–Kier alpha value is -2.90. The maximum atomic E-state index is 12.3. The lowest BCUT2D eigenvalue weighted by Gasteiger charge is -2.09. The highest BCUT2D eigenvalue weighted by Crippen LogP contribution is 2.25. The molecule has 0 fully saturated rings. The lowest BCUT2D eigenvalue weighted by molar-refractivity contribution is -0.136. The van der Waals surface area contributed by atoms with Gasteiger partial charge in [-0.1, -0.05) is 35.3 Å². The molecule has 29 heavy (non-hydrogen) atoms. The first-order chi connectivity index (χ1) is 13.8. The minimum Gasteiger partial charge on any atom is -0.344 e. The summed E-state index contributed by atoms with van der Waals surface area (Å²) in [4.78, 5) is 28.4. The highest BCUT2D eigenvalue weighted by atomic mass is 35.5. The van der Waals surface area contributed by atoms with E-state index in [4.69, 9.17) is 23.2 Å². The fraction of sp³-hybridized carbons (Fsp3) is 0.200. The van der Waals surface area contributed by atoms with Crippen molar-refractivity contribution in [2.45, 2.75) is 26.9 Å². The zero-order valence-corrected chi connectivity index (χ0v) is 17.4. The molecule has 0 saturated heterocycles. The van der Waals surface area contributed by atoms with Crippen LogP contribution in [0.5, 0.6) is 0 Å². The number of pyridine rings is 1. The number of anilines is 1. The van der Waals surface area contributed by atoms with Gasteiger partial charge in [-0.2, -0.15) is 5.10 Å². The van der Waals surface area contributed by atoms with Gasteiger partial charge in [0.2, 0.25) is 0 Å². The molecule has 2 aromatic heterocycles. The summed E-state index contributed by atoms with van der Waals surface area (Å²) in [5.41, 5.74) is 3.45. The van der Waals surface area contributed by atoms with E-state index < -0.39 is 11.8 Å². The number of amides is 2. The van der Waals surface area contributed by atoms with Crippen LogP contribution >= 0.6 is 23.2 Å². The molecule has 0 aliphatic rings. The van der Waals surface area contributed by atoms with Crippen LogP contribution in [-0.2, 0) is 22.7 Å². The Labute approximate surface area is 178 Å². The lowest BCUT2D eigenvalue weighted by Crippen LogP contribution is -2.35. The highest BCUT2D eigenvalue weighted by molar-refractivity contribution is 6.39. The van der Waals surface area contributed by atoms with Gasteiger partial charge in [-0.25, -0.2) is 0 Å². The molecule has 2 heterocycles. The van der Waals surface area contributed by atoms with Gasteiger partial charge in [-0.15, -0.1) is 0 Å². The molecular formula is C20H19Cl2N5O2. The lowest BCUT2D eigenvalue weighted by atomic mass is 10.2. The van der Waals surface area contributed by atoms with E-state index in [-0.39, 0.29) is 6.54 Å². The Bertz CT molecular complexity index is 1050. The minimum atomic E-state index is -0.760. The Balaban J connectivity index is 1.67. The number of hydrogen-bond donors (Lipinski definition) is 2. The number of aryl methyl sites for hydroxylation is 1. The monoisotopic (exact) mass is 431 g/mol. The Morgan fingerprint density at radius 3 is 2.62 bits per heavy atom. The number of nitrogens with zero attached hydrogens (tertiary/aromatic N) is 3. The van der Waals surface area contributed by atoms with Gasteiger partial charge < -0.3 is 10.6 Å². The molecule has 150 valence electrons. The zero-order valence-electron chi connectivity index (χ0n) is 15.9. The van der Waals surface area contributed by atoms with E-state index in [1.807, 2.05) is 19.1 Å². The van der Waals surface area contributed by atoms with Crippen LogP contribution in [0.25, 0.3) is 0 Å². The van der Waals surface area contributed by atoms with Crippen molar-refractivity contribution >= 4 is 40.7 Å². The van der Waals surface area contributed by atoms with Crippen LogP contribution in [0.1, 0.15) is 22.5 Å². The van der Waals surface area contributed by atoms with Crippen LogP contribution in [0.4, 0.5) is 5.69 Å². The van der Waals surface area contributed by atoms with Crippen molar-refractivity contribution in [3.8, 4) is 0 Å². The van der Waals surface area contributed by atoms with Crippen molar-refractivity contribution < 1.29 is 9.59 Å². The van der Waals surface area contributed by atoms with Crippen molar-refractivity contribution in [2.75, 3.05) is 5.32 Å². The van der Waals surface area contributed by atoms with Crippen LogP contribution in [0.15, 0.2) is 42.7 Å². The molecule has 0 saturated carbocycles. The summed E-state index contributed by atoms with van der Waals surface area (Å²) in [6, 6.07) is 8.81. The van der Waals surface area contributed by atoms with E-state index >= 15 is 0 Å². The molecule has 0 spiro atoms. The third-order valence-electron chi connectivity index (χ3n) is 4.34. The molecule has 0 aliphatic heterocycles. The number of carbonyl (C=O) groups is 2. The van der Waals surface area contributed by atoms with Gasteiger partial charge in [0.15, 0.2) is 0 Å². The number of benzene rings is 1. The minimum absolute atomic E-state index is 0.215. The highest BCUT2D eigenvalue weighted by Gasteiger charge is 2.19. The van der Waals surface area contributed by atoms with Crippen molar-refractivity contribution in [1.29, 1.82) is 0 Å². The predicted octanol–water partition coefficient (Wildman–Crippen LogP) is 3.50. The van der Waals surface area contributed by atoms with Crippen molar-refractivity contribution in [3.63, 3.8) is 0 Å². The molecule has 9 heteroatoms. The molecular weight excluding hydrogens is 413 g/mol. The number of carbonyl (C=O) groups excluding carboxylic acids is 2. The van der Waals surface area contributed by atoms with Gasteiger partial charge in [-0.3, -0.25) is 19.3 Å². The van der Waals surface area contributed by atoms with Crippen LogP contribution in [0.3, 0.4) is 0 Å². The maximum absolute atomic E-state index is 12.3. The molecule has 0 bridgehead atoms. The fourth-order valence-corrected chi connectivity index (χ4v) is 3.25. The molecule has 3 aromatic rings. The summed E-state index contributed by atoms with van der Waals surface area (Å²) in [6.07, 6.45) is 3.26. The van der Waals surface area contributed by atoms with E-state index in [1.54, 1.807) is 42.2 Å². The van der Waals surface area contributed by atoms with Crippen LogP contribution in [-0.4, -0.2) is 26.6 Å². The van der Waals surface area contributed by atoms with E-state index in [9.17, 15) is 9.59 Å². The van der Waals surface area contributed by atoms with E-state index in [0.717, 1.165) is 11.1 Å². The first-order valence-electron chi connectivity index (χ1n) is 8.81. The third-order valence-corrected chi connectivity index (χ3v) is 4.92. The maximum Gasteiger partial charge on any atom is 0.313 e. The molecule has 0 radical (unpaired) electrons. The molecule has 7 nitrogen and oxygen atoms in total. The largest absolute Gasteiger partial charge is 0.344 e. The summed E-state index contributed by atoms with van der Waals surface area (Å²) in [6.45, 7) is 4.20. The van der Waals surface area contributed by atoms with E-state index in [0.29, 0.717) is 33.7 Å². The standard InChI is InChI=1S/C20H19Cl2N5O2/c1-12-18(25-20(29)19(28)24-10-14-4-3-7-23-9-14)13(2)27(26-12)11-15-5-6-16(21)8-17(15)22/h3-9H,10-11H2,1-2H3,(H,24,28)(H,25,29). The second-order valence-corrected chi connectivity index (χ2v) is 7.28. The van der Waals surface area contributed by atoms with Crippen LogP contribution in [0.2, 0.25) is 10.0 Å². The van der Waals surface area contributed by atoms with E-state index in [2.05, 4.69) is 20.7 Å². The molecule has 3 rings (SSSR count). The fourth-order valence-electron chi connectivity index (χ4n) is 2.78. The van der Waals surface area contributed by atoms with Gasteiger partial charge in [-0.05, 0) is 43.2 Å². The van der Waals surface area contributed by atoms with Crippen molar-refractivity contribution in [3.05, 3.63) is 75.3 Å². The summed E-state index contributed by atoms with van der Waals surface area (Å²) in [5.74, 6) is -1.50. The van der Waals surface area contributed by atoms with Gasteiger partial charge >= 0.3 is 11.8 Å². The van der Waals surface area contributed by atoms with Crippen LogP contribution < -0.4 is 10.6 Å². The molecule has 0 aliphatic carbocycles. The molecule has 0 unspecified atom stereocenters. The van der Waals surface area contributed by atoms with Crippen LogP contribution in [0, 0.1) is 13.8 Å². The zero-order chi connectivity index (χ0) is 21.0. The molecule has 2 N–H and O–H groups in total. The Morgan fingerprint density at radius 1 is 1.14 bits per heavy atom. The quantitative estimate of drug-likeness (QED) is 0.604. The summed E-state index contributed by atoms with van der Waals surface area (Å²) < 4.78 is 1.72. The van der Waals surface area contributed by atoms with Gasteiger partial charge in [0.05, 0.1) is 23.6 Å². The average molecular weight is 432 g/mol. The predicted molar refractivity (Wildman–Crippen MR) is 112 cm³/mol. The van der Waals surface area contributed by atoms with Gasteiger partial charge in [0.1, 0.15) is 0 Å². The second kappa shape index (κ2) is 9.07. The van der Waals surface area contributed by atoms with Gasteiger partial charge in [0, 0.05) is 29.0 Å². The number of halogens is 2. The first-order valence-corrected chi connectivity index (χ1v) is 9.56. The molecule has 1 aromatic carbocycles.